The molecule has 1 aliphatic carbocycles. The topological polar surface area (TPSA) is 52.6 Å². The number of ether oxygens (including phenoxy) is 2. The van der Waals surface area contributed by atoms with Crippen LogP contribution in [0.25, 0.3) is 0 Å². The number of fused-ring (bicyclic) bond motifs is 1. The van der Waals surface area contributed by atoms with Crippen molar-refractivity contribution >= 4 is 11.9 Å². The number of hydrogen-bond donors (Lipinski definition) is 0. The summed E-state index contributed by atoms with van der Waals surface area (Å²) < 4.78 is 9.57. The highest BCUT2D eigenvalue weighted by atomic mass is 16.5. The molecular weight excluding hydrogens is 232 g/mol. The third-order valence-corrected chi connectivity index (χ3v) is 3.49. The number of carbonyl (C=O) groups is 2. The Morgan fingerprint density at radius 3 is 1.67 bits per heavy atom. The minimum atomic E-state index is -0.447. The standard InChI is InChI=1S/C14H16O4/c1-17-13(15)11-7-9-5-3-4-6-10(9)8-12(11)14(16)18-2/h3-6,11-12H,7-8H2,1-2H3/t11-,12-/m0/s1. The Kier molecular flexibility index (Phi) is 3.65. The van der Waals surface area contributed by atoms with E-state index in [1.165, 1.54) is 14.2 Å². The minimum Gasteiger partial charge on any atom is -0.469 e. The summed E-state index contributed by atoms with van der Waals surface area (Å²) in [5, 5.41) is 0. The van der Waals surface area contributed by atoms with Crippen LogP contribution < -0.4 is 0 Å². The highest BCUT2D eigenvalue weighted by Gasteiger charge is 2.39. The van der Waals surface area contributed by atoms with E-state index < -0.39 is 11.8 Å². The average molecular weight is 248 g/mol. The maximum Gasteiger partial charge on any atom is 0.309 e. The lowest BCUT2D eigenvalue weighted by molar-refractivity contribution is -0.158. The van der Waals surface area contributed by atoms with Crippen LogP contribution in [0.4, 0.5) is 0 Å². The van der Waals surface area contributed by atoms with E-state index in [1.807, 2.05) is 24.3 Å². The van der Waals surface area contributed by atoms with Gasteiger partial charge >= 0.3 is 11.9 Å². The molecule has 18 heavy (non-hydrogen) atoms. The molecule has 2 rings (SSSR count). The molecule has 0 amide bonds. The highest BCUT2D eigenvalue weighted by molar-refractivity contribution is 5.83. The van der Waals surface area contributed by atoms with Crippen LogP contribution in [0, 0.1) is 11.8 Å². The van der Waals surface area contributed by atoms with Gasteiger partial charge in [-0.15, -0.1) is 0 Å². The van der Waals surface area contributed by atoms with Crippen LogP contribution in [-0.2, 0) is 31.9 Å². The lowest BCUT2D eigenvalue weighted by atomic mass is 9.76. The van der Waals surface area contributed by atoms with Crippen LogP contribution >= 0.6 is 0 Å². The third kappa shape index (κ3) is 2.23. The van der Waals surface area contributed by atoms with Crippen molar-refractivity contribution in [2.45, 2.75) is 12.8 Å². The second-order valence-electron chi connectivity index (χ2n) is 4.44. The van der Waals surface area contributed by atoms with Crippen molar-refractivity contribution < 1.29 is 19.1 Å². The van der Waals surface area contributed by atoms with Gasteiger partial charge in [0.05, 0.1) is 26.1 Å². The molecule has 1 aromatic rings. The molecule has 1 aliphatic rings. The molecule has 2 atom stereocenters. The fourth-order valence-corrected chi connectivity index (χ4v) is 2.51. The van der Waals surface area contributed by atoms with Crippen LogP contribution in [0.3, 0.4) is 0 Å². The van der Waals surface area contributed by atoms with E-state index in [4.69, 9.17) is 9.47 Å². The molecule has 4 heteroatoms. The summed E-state index contributed by atoms with van der Waals surface area (Å²) in [6.07, 6.45) is 1.06. The first kappa shape index (κ1) is 12.6. The summed E-state index contributed by atoms with van der Waals surface area (Å²) >= 11 is 0. The van der Waals surface area contributed by atoms with E-state index in [-0.39, 0.29) is 11.9 Å². The van der Waals surface area contributed by atoms with Gasteiger partial charge < -0.3 is 9.47 Å². The van der Waals surface area contributed by atoms with Crippen LogP contribution in [0.5, 0.6) is 0 Å². The van der Waals surface area contributed by atoms with E-state index in [2.05, 4.69) is 0 Å². The Hall–Kier alpha value is -1.84. The second kappa shape index (κ2) is 5.21. The Labute approximate surface area is 106 Å². The lowest BCUT2D eigenvalue weighted by Gasteiger charge is -2.29. The average Bonchev–Trinajstić information content (AvgIpc) is 2.44. The van der Waals surface area contributed by atoms with Crippen molar-refractivity contribution in [2.24, 2.45) is 11.8 Å². The Morgan fingerprint density at radius 2 is 1.33 bits per heavy atom. The quantitative estimate of drug-likeness (QED) is 0.742. The van der Waals surface area contributed by atoms with Gasteiger partial charge in [0.15, 0.2) is 0 Å². The van der Waals surface area contributed by atoms with Crippen molar-refractivity contribution in [1.82, 2.24) is 0 Å². The van der Waals surface area contributed by atoms with Crippen molar-refractivity contribution in [3.63, 3.8) is 0 Å². The predicted molar refractivity (Wildman–Crippen MR) is 64.9 cm³/mol. The van der Waals surface area contributed by atoms with Gasteiger partial charge in [-0.3, -0.25) is 9.59 Å². The predicted octanol–water partition coefficient (Wildman–Crippen LogP) is 1.36. The number of rotatable bonds is 2. The van der Waals surface area contributed by atoms with Gasteiger partial charge in [-0.2, -0.15) is 0 Å². The van der Waals surface area contributed by atoms with E-state index in [9.17, 15) is 9.59 Å². The lowest BCUT2D eigenvalue weighted by Crippen LogP contribution is -2.37. The molecule has 0 aliphatic heterocycles. The van der Waals surface area contributed by atoms with Crippen molar-refractivity contribution in [3.8, 4) is 0 Å². The van der Waals surface area contributed by atoms with Crippen molar-refractivity contribution in [2.75, 3.05) is 14.2 Å². The zero-order valence-electron chi connectivity index (χ0n) is 10.5. The Balaban J connectivity index is 2.33. The van der Waals surface area contributed by atoms with E-state index in [0.29, 0.717) is 12.8 Å². The normalized spacial score (nSPS) is 21.9. The molecule has 96 valence electrons. The molecular formula is C14H16O4. The monoisotopic (exact) mass is 248 g/mol. The van der Waals surface area contributed by atoms with Gasteiger partial charge in [-0.25, -0.2) is 0 Å². The molecule has 1 aromatic carbocycles. The zero-order valence-corrected chi connectivity index (χ0v) is 10.5. The largest absolute Gasteiger partial charge is 0.469 e. The zero-order chi connectivity index (χ0) is 13.1. The highest BCUT2D eigenvalue weighted by Crippen LogP contribution is 2.31. The smallest absolute Gasteiger partial charge is 0.309 e. The molecule has 0 radical (unpaired) electrons. The second-order valence-corrected chi connectivity index (χ2v) is 4.44. The number of hydrogen-bond acceptors (Lipinski definition) is 4. The number of methoxy groups -OCH3 is 2. The fraction of sp³-hybridized carbons (Fsp3) is 0.429. The summed E-state index contributed by atoms with van der Waals surface area (Å²) in [5.74, 6) is -1.59. The van der Waals surface area contributed by atoms with Crippen LogP contribution in [0.15, 0.2) is 24.3 Å². The summed E-state index contributed by atoms with van der Waals surface area (Å²) in [5.41, 5.74) is 2.21. The summed E-state index contributed by atoms with van der Waals surface area (Å²) in [6.45, 7) is 0. The molecule has 0 saturated carbocycles. The van der Waals surface area contributed by atoms with Crippen molar-refractivity contribution in [1.29, 1.82) is 0 Å². The van der Waals surface area contributed by atoms with Gasteiger partial charge in [0.1, 0.15) is 0 Å². The molecule has 0 spiro atoms. The minimum absolute atomic E-state index is 0.347. The van der Waals surface area contributed by atoms with Crippen LogP contribution in [0.1, 0.15) is 11.1 Å². The molecule has 0 fully saturated rings. The molecule has 0 aromatic heterocycles. The molecule has 0 heterocycles. The molecule has 0 N–H and O–H groups in total. The Morgan fingerprint density at radius 1 is 0.944 bits per heavy atom. The van der Waals surface area contributed by atoms with E-state index in [0.717, 1.165) is 11.1 Å². The first-order valence-corrected chi connectivity index (χ1v) is 5.89. The summed E-state index contributed by atoms with van der Waals surface area (Å²) in [6, 6.07) is 7.84. The molecule has 0 unspecified atom stereocenters. The van der Waals surface area contributed by atoms with E-state index in [1.54, 1.807) is 0 Å². The van der Waals surface area contributed by atoms with Crippen LogP contribution in [0.2, 0.25) is 0 Å². The van der Waals surface area contributed by atoms with Gasteiger partial charge in [-0.05, 0) is 24.0 Å². The summed E-state index contributed by atoms with van der Waals surface area (Å²) in [7, 11) is 2.69. The molecule has 0 bridgehead atoms. The van der Waals surface area contributed by atoms with Crippen molar-refractivity contribution in [3.05, 3.63) is 35.4 Å². The first-order valence-electron chi connectivity index (χ1n) is 5.89. The fourth-order valence-electron chi connectivity index (χ4n) is 2.51. The Bertz CT molecular complexity index is 424. The number of benzene rings is 1. The third-order valence-electron chi connectivity index (χ3n) is 3.49. The first-order chi connectivity index (χ1) is 8.67. The molecule has 4 nitrogen and oxygen atoms in total. The van der Waals surface area contributed by atoms with Gasteiger partial charge in [0.2, 0.25) is 0 Å². The van der Waals surface area contributed by atoms with Gasteiger partial charge in [0.25, 0.3) is 0 Å². The number of carbonyl (C=O) groups excluding carboxylic acids is 2. The van der Waals surface area contributed by atoms with Gasteiger partial charge in [-0.1, -0.05) is 24.3 Å². The maximum absolute atomic E-state index is 11.8. The SMILES string of the molecule is COC(=O)[C@H]1Cc2ccccc2C[C@@H]1C(=O)OC. The summed E-state index contributed by atoms with van der Waals surface area (Å²) in [4.78, 5) is 23.6. The number of esters is 2. The van der Waals surface area contributed by atoms with E-state index >= 15 is 0 Å². The molecule has 0 saturated heterocycles. The van der Waals surface area contributed by atoms with Gasteiger partial charge in [0, 0.05) is 0 Å². The maximum atomic E-state index is 11.8. The van der Waals surface area contributed by atoms with Crippen LogP contribution in [-0.4, -0.2) is 26.2 Å².